The number of imidazole rings is 1. The van der Waals surface area contributed by atoms with Gasteiger partial charge in [-0.1, -0.05) is 27.2 Å². The molecule has 0 spiro atoms. The molecule has 0 radical (unpaired) electrons. The normalized spacial score (nSPS) is 22.2. The fourth-order valence-corrected chi connectivity index (χ4v) is 4.68. The lowest BCUT2D eigenvalue weighted by Crippen LogP contribution is -2.38. The van der Waals surface area contributed by atoms with Crippen LogP contribution in [0, 0.1) is 11.8 Å². The summed E-state index contributed by atoms with van der Waals surface area (Å²) in [6.45, 7) is 10.7. The Bertz CT molecular complexity index is 865. The summed E-state index contributed by atoms with van der Waals surface area (Å²) in [5.41, 5.74) is 1.69. The van der Waals surface area contributed by atoms with E-state index in [1.54, 1.807) is 12.1 Å². The molecule has 2 atom stereocenters. The summed E-state index contributed by atoms with van der Waals surface area (Å²) in [7, 11) is -3.72. The quantitative estimate of drug-likeness (QED) is 0.838. The van der Waals surface area contributed by atoms with E-state index in [1.807, 2.05) is 6.07 Å². The largest absolute Gasteiger partial charge is 0.327 e. The van der Waals surface area contributed by atoms with Gasteiger partial charge in [0.15, 0.2) is 0 Å². The van der Waals surface area contributed by atoms with Gasteiger partial charge >= 0.3 is 0 Å². The van der Waals surface area contributed by atoms with Crippen LogP contribution in [0.3, 0.4) is 0 Å². The smallest absolute Gasteiger partial charge is 0.238 e. The van der Waals surface area contributed by atoms with E-state index in [0.717, 1.165) is 50.4 Å². The van der Waals surface area contributed by atoms with E-state index in [-0.39, 0.29) is 4.90 Å². The van der Waals surface area contributed by atoms with Crippen molar-refractivity contribution in [2.75, 3.05) is 13.1 Å². The van der Waals surface area contributed by atoms with Crippen molar-refractivity contribution in [3.05, 3.63) is 24.0 Å². The first-order valence-electron chi connectivity index (χ1n) is 9.52. The first kappa shape index (κ1) is 19.3. The molecule has 1 aliphatic rings. The number of nitrogens with two attached hydrogens (primary N) is 1. The average molecular weight is 379 g/mol. The van der Waals surface area contributed by atoms with Crippen LogP contribution in [0.15, 0.2) is 23.1 Å². The highest BCUT2D eigenvalue weighted by Gasteiger charge is 2.24. The number of piperidine rings is 1. The van der Waals surface area contributed by atoms with E-state index in [9.17, 15) is 8.42 Å². The van der Waals surface area contributed by atoms with Gasteiger partial charge in [-0.2, -0.15) is 0 Å². The number of benzene rings is 1. The zero-order chi connectivity index (χ0) is 18.9. The lowest BCUT2D eigenvalue weighted by atomic mass is 9.92. The number of hydrogen-bond donors (Lipinski definition) is 1. The number of hydrogen-bond acceptors (Lipinski definition) is 4. The summed E-state index contributed by atoms with van der Waals surface area (Å²) in [4.78, 5) is 7.38. The zero-order valence-electron chi connectivity index (χ0n) is 16.0. The second-order valence-electron chi connectivity index (χ2n) is 7.87. The van der Waals surface area contributed by atoms with Crippen molar-refractivity contribution in [1.82, 2.24) is 14.5 Å². The highest BCUT2D eigenvalue weighted by Crippen LogP contribution is 2.25. The molecule has 1 fully saturated rings. The number of aryl methyl sites for hydroxylation is 1. The van der Waals surface area contributed by atoms with Crippen LogP contribution in [-0.4, -0.2) is 36.0 Å². The summed E-state index contributed by atoms with van der Waals surface area (Å²) < 4.78 is 25.6. The van der Waals surface area contributed by atoms with Crippen LogP contribution in [0.1, 0.15) is 45.9 Å². The molecule has 2 N–H and O–H groups in total. The van der Waals surface area contributed by atoms with E-state index in [0.29, 0.717) is 17.4 Å². The molecule has 1 aromatic heterocycles. The van der Waals surface area contributed by atoms with Crippen LogP contribution in [0.5, 0.6) is 0 Å². The van der Waals surface area contributed by atoms with Crippen molar-refractivity contribution < 1.29 is 8.42 Å². The standard InChI is InChI=1S/C19H30N4O2S/c1-4-5-8-23-18-7-6-16(26(20,24)25)10-17(18)21-19(23)13-22-11-14(2)9-15(3)12-22/h6-7,10,14-15H,4-5,8-9,11-13H2,1-3H3,(H2,20,24,25)/t14-,15+. The lowest BCUT2D eigenvalue weighted by molar-refractivity contribution is 0.130. The molecule has 1 aliphatic heterocycles. The summed E-state index contributed by atoms with van der Waals surface area (Å²) in [6.07, 6.45) is 3.45. The van der Waals surface area contributed by atoms with Crippen LogP contribution in [0.2, 0.25) is 0 Å². The molecule has 0 amide bonds. The van der Waals surface area contributed by atoms with Gasteiger partial charge < -0.3 is 4.57 Å². The molecule has 1 saturated heterocycles. The van der Waals surface area contributed by atoms with E-state index in [2.05, 4.69) is 30.2 Å². The van der Waals surface area contributed by atoms with Crippen molar-refractivity contribution >= 4 is 21.1 Å². The summed E-state index contributed by atoms with van der Waals surface area (Å²) in [5, 5.41) is 5.28. The van der Waals surface area contributed by atoms with Gasteiger partial charge in [0.2, 0.25) is 10.0 Å². The van der Waals surface area contributed by atoms with E-state index >= 15 is 0 Å². The highest BCUT2D eigenvalue weighted by molar-refractivity contribution is 7.89. The molecule has 6 nitrogen and oxygen atoms in total. The second-order valence-corrected chi connectivity index (χ2v) is 9.43. The number of primary sulfonamides is 1. The van der Waals surface area contributed by atoms with Crippen molar-refractivity contribution in [2.45, 2.75) is 58.0 Å². The molecule has 0 aliphatic carbocycles. The predicted molar refractivity (Wildman–Crippen MR) is 104 cm³/mol. The minimum atomic E-state index is -3.72. The van der Waals surface area contributed by atoms with Crippen molar-refractivity contribution in [1.29, 1.82) is 0 Å². The minimum Gasteiger partial charge on any atom is -0.327 e. The molecule has 2 heterocycles. The number of aromatic nitrogens is 2. The van der Waals surface area contributed by atoms with E-state index in [4.69, 9.17) is 10.1 Å². The molecule has 0 bridgehead atoms. The van der Waals surface area contributed by atoms with Crippen LogP contribution >= 0.6 is 0 Å². The van der Waals surface area contributed by atoms with Crippen LogP contribution in [0.25, 0.3) is 11.0 Å². The maximum Gasteiger partial charge on any atom is 0.238 e. The Morgan fingerprint density at radius 3 is 2.54 bits per heavy atom. The highest BCUT2D eigenvalue weighted by atomic mass is 32.2. The zero-order valence-corrected chi connectivity index (χ0v) is 16.8. The van der Waals surface area contributed by atoms with Crippen molar-refractivity contribution in [2.24, 2.45) is 17.0 Å². The SMILES string of the molecule is CCCCn1c(CN2C[C@H](C)C[C@H](C)C2)nc2cc(S(N)(=O)=O)ccc21. The van der Waals surface area contributed by atoms with Gasteiger partial charge in [0.25, 0.3) is 0 Å². The number of fused-ring (bicyclic) bond motifs is 1. The minimum absolute atomic E-state index is 0.122. The topological polar surface area (TPSA) is 81.2 Å². The van der Waals surface area contributed by atoms with Crippen LogP contribution in [-0.2, 0) is 23.1 Å². The maximum atomic E-state index is 11.7. The van der Waals surface area contributed by atoms with Gasteiger partial charge in [0.1, 0.15) is 5.82 Å². The maximum absolute atomic E-state index is 11.7. The Kier molecular flexibility index (Phi) is 5.69. The van der Waals surface area contributed by atoms with Gasteiger partial charge in [-0.3, -0.25) is 4.90 Å². The number of unbranched alkanes of at least 4 members (excludes halogenated alkanes) is 1. The Morgan fingerprint density at radius 1 is 1.23 bits per heavy atom. The molecule has 0 unspecified atom stereocenters. The van der Waals surface area contributed by atoms with E-state index in [1.165, 1.54) is 6.42 Å². The Hall–Kier alpha value is -1.44. The van der Waals surface area contributed by atoms with Gasteiger partial charge in [-0.05, 0) is 42.9 Å². The van der Waals surface area contributed by atoms with Gasteiger partial charge in [-0.15, -0.1) is 0 Å². The number of rotatable bonds is 6. The lowest BCUT2D eigenvalue weighted by Gasteiger charge is -2.34. The van der Waals surface area contributed by atoms with Gasteiger partial charge in [0, 0.05) is 19.6 Å². The molecule has 1 aromatic carbocycles. The van der Waals surface area contributed by atoms with Crippen molar-refractivity contribution in [3.8, 4) is 0 Å². The predicted octanol–water partition coefficient (Wildman–Crippen LogP) is 2.96. The molecule has 26 heavy (non-hydrogen) atoms. The summed E-state index contributed by atoms with van der Waals surface area (Å²) in [5.74, 6) is 2.41. The number of sulfonamides is 1. The molecular formula is C19H30N4O2S. The molecule has 3 rings (SSSR count). The molecule has 144 valence electrons. The molecule has 2 aromatic rings. The summed E-state index contributed by atoms with van der Waals surface area (Å²) in [6, 6.07) is 5.01. The third-order valence-corrected chi connectivity index (χ3v) is 6.08. The fourth-order valence-electron chi connectivity index (χ4n) is 4.14. The Labute approximate surface area is 156 Å². The summed E-state index contributed by atoms with van der Waals surface area (Å²) >= 11 is 0. The third kappa shape index (κ3) is 4.27. The fraction of sp³-hybridized carbons (Fsp3) is 0.632. The number of nitrogens with zero attached hydrogens (tertiary/aromatic N) is 3. The average Bonchev–Trinajstić information content (AvgIpc) is 2.87. The first-order chi connectivity index (χ1) is 12.3. The van der Waals surface area contributed by atoms with Crippen LogP contribution in [0.4, 0.5) is 0 Å². The molecular weight excluding hydrogens is 348 g/mol. The first-order valence-corrected chi connectivity index (χ1v) is 11.1. The van der Waals surface area contributed by atoms with Crippen LogP contribution < -0.4 is 5.14 Å². The van der Waals surface area contributed by atoms with E-state index < -0.39 is 10.0 Å². The molecule has 0 saturated carbocycles. The Balaban J connectivity index is 1.96. The number of likely N-dealkylation sites (tertiary alicyclic amines) is 1. The Morgan fingerprint density at radius 2 is 1.92 bits per heavy atom. The second kappa shape index (κ2) is 7.66. The monoisotopic (exact) mass is 378 g/mol. The van der Waals surface area contributed by atoms with Gasteiger partial charge in [0.05, 0.1) is 22.5 Å². The van der Waals surface area contributed by atoms with Gasteiger partial charge in [-0.25, -0.2) is 18.5 Å². The molecule has 7 heteroatoms. The van der Waals surface area contributed by atoms with Crippen molar-refractivity contribution in [3.63, 3.8) is 0 Å². The third-order valence-electron chi connectivity index (χ3n) is 5.17.